The minimum atomic E-state index is -4.96. The molecule has 0 unspecified atom stereocenters. The predicted octanol–water partition coefficient (Wildman–Crippen LogP) is 2.18. The molecule has 0 saturated carbocycles. The maximum absolute atomic E-state index is 13.7. The largest absolute Gasteiger partial charge is 0.573 e. The van der Waals surface area contributed by atoms with Gasteiger partial charge in [0.1, 0.15) is 23.6 Å². The number of benzene rings is 2. The van der Waals surface area contributed by atoms with Crippen LogP contribution in [0, 0.1) is 17.8 Å². The number of carboxylic acid groups (broad SMARTS) is 1. The summed E-state index contributed by atoms with van der Waals surface area (Å²) in [5.41, 5.74) is 0.774. The van der Waals surface area contributed by atoms with Crippen LogP contribution in [0.1, 0.15) is 65.5 Å². The number of methoxy groups -OCH3 is 1. The second-order valence-electron chi connectivity index (χ2n) is 13.5. The standard InChI is InChI=1S/C37H51F3N4O9/c1-8-22(6)33(35(49)44-32(21(4)5)36(50)51)43-30(47)19-27(45)26(16-23-12-10-9-11-13-23)41-34(48)31(20(2)3)42-29(46)18-24-17-25(53-37(38,39)40)14-15-28(24)52-7/h9-15,17,20-22,26-27,31-33,45H,8,16,18-19H2,1-7H3,(H,41,48)(H,42,46)(H,43,47)(H,44,49)(H,50,51)/p-1/t22-,26-,27-,31-,32-,33-/m0/s1. The van der Waals surface area contributed by atoms with Crippen molar-refractivity contribution in [3.05, 3.63) is 59.7 Å². The molecule has 53 heavy (non-hydrogen) atoms. The summed E-state index contributed by atoms with van der Waals surface area (Å²) in [6.07, 6.45) is -6.95. The Morgan fingerprint density at radius 1 is 0.811 bits per heavy atom. The van der Waals surface area contributed by atoms with Gasteiger partial charge in [-0.05, 0) is 47.9 Å². The van der Waals surface area contributed by atoms with Crippen molar-refractivity contribution in [2.24, 2.45) is 17.8 Å². The van der Waals surface area contributed by atoms with Crippen molar-refractivity contribution in [3.8, 4) is 11.5 Å². The Morgan fingerprint density at radius 2 is 1.40 bits per heavy atom. The van der Waals surface area contributed by atoms with Gasteiger partial charge in [-0.25, -0.2) is 0 Å². The molecule has 2 rings (SSSR count). The molecule has 13 nitrogen and oxygen atoms in total. The fourth-order valence-corrected chi connectivity index (χ4v) is 5.45. The Hall–Kier alpha value is -4.86. The highest BCUT2D eigenvalue weighted by Crippen LogP contribution is 2.29. The normalized spacial score (nSPS) is 15.0. The van der Waals surface area contributed by atoms with Crippen molar-refractivity contribution >= 4 is 29.6 Å². The van der Waals surface area contributed by atoms with E-state index < -0.39 is 103 Å². The first kappa shape index (κ1) is 44.3. The van der Waals surface area contributed by atoms with Gasteiger partial charge in [-0.15, -0.1) is 13.2 Å². The van der Waals surface area contributed by atoms with Gasteiger partial charge in [0.05, 0.1) is 44.1 Å². The molecule has 2 aromatic carbocycles. The molecule has 6 atom stereocenters. The highest BCUT2D eigenvalue weighted by molar-refractivity contribution is 5.91. The lowest BCUT2D eigenvalue weighted by Crippen LogP contribution is -2.58. The van der Waals surface area contributed by atoms with Crippen molar-refractivity contribution in [1.82, 2.24) is 21.3 Å². The lowest BCUT2D eigenvalue weighted by molar-refractivity contribution is -0.309. The first-order chi connectivity index (χ1) is 24.8. The van der Waals surface area contributed by atoms with Crippen molar-refractivity contribution in [2.45, 2.75) is 104 Å². The maximum atomic E-state index is 13.7. The third kappa shape index (κ3) is 14.6. The number of ether oxygens (including phenoxy) is 2. The summed E-state index contributed by atoms with van der Waals surface area (Å²) in [6, 6.07) is 7.37. The number of halogens is 3. The summed E-state index contributed by atoms with van der Waals surface area (Å²) in [6.45, 7) is 9.99. The smallest absolute Gasteiger partial charge is 0.548 e. The number of aliphatic hydroxyl groups excluding tert-OH is 1. The number of hydrogen-bond acceptors (Lipinski definition) is 9. The van der Waals surface area contributed by atoms with Crippen molar-refractivity contribution in [2.75, 3.05) is 7.11 Å². The van der Waals surface area contributed by atoms with Crippen molar-refractivity contribution in [1.29, 1.82) is 0 Å². The van der Waals surface area contributed by atoms with E-state index in [-0.39, 0.29) is 17.7 Å². The fraction of sp³-hybridized carbons (Fsp3) is 0.541. The van der Waals surface area contributed by atoms with E-state index in [4.69, 9.17) is 4.74 Å². The van der Waals surface area contributed by atoms with Gasteiger partial charge < -0.3 is 45.7 Å². The highest BCUT2D eigenvalue weighted by atomic mass is 19.4. The zero-order valence-electron chi connectivity index (χ0n) is 30.9. The van der Waals surface area contributed by atoms with Crippen LogP contribution in [-0.4, -0.2) is 78.4 Å². The molecule has 4 amide bonds. The highest BCUT2D eigenvalue weighted by Gasteiger charge is 2.34. The van der Waals surface area contributed by atoms with Crippen molar-refractivity contribution < 1.29 is 56.8 Å². The number of aliphatic carboxylic acids is 1. The van der Waals surface area contributed by atoms with Crippen LogP contribution in [0.15, 0.2) is 48.5 Å². The predicted molar refractivity (Wildman–Crippen MR) is 186 cm³/mol. The van der Waals surface area contributed by atoms with E-state index in [0.29, 0.717) is 12.0 Å². The molecule has 0 saturated heterocycles. The SMILES string of the molecule is CC[C@H](C)[C@H](NC(=O)C[C@H](O)[C@H](Cc1ccccc1)NC(=O)[C@@H](NC(=O)Cc1cc(OC(F)(F)F)ccc1OC)C(C)C)C(=O)N[C@H](C(=O)[O-])C(C)C. The number of carbonyl (C=O) groups is 5. The molecule has 0 radical (unpaired) electrons. The van der Waals surface area contributed by atoms with Gasteiger partial charge in [-0.3, -0.25) is 19.2 Å². The van der Waals surface area contributed by atoms with Crippen LogP contribution >= 0.6 is 0 Å². The second kappa shape index (κ2) is 20.4. The van der Waals surface area contributed by atoms with Crippen LogP contribution in [-0.2, 0) is 36.8 Å². The summed E-state index contributed by atoms with van der Waals surface area (Å²) in [4.78, 5) is 64.8. The van der Waals surface area contributed by atoms with Crippen molar-refractivity contribution in [3.63, 3.8) is 0 Å². The molecule has 0 spiro atoms. The van der Waals surface area contributed by atoms with Gasteiger partial charge in [0.25, 0.3) is 0 Å². The van der Waals surface area contributed by atoms with E-state index in [1.54, 1.807) is 71.9 Å². The topological polar surface area (TPSA) is 195 Å². The summed E-state index contributed by atoms with van der Waals surface area (Å²) in [7, 11) is 1.28. The van der Waals surface area contributed by atoms with Crippen LogP contribution in [0.4, 0.5) is 13.2 Å². The molecule has 0 aliphatic carbocycles. The van der Waals surface area contributed by atoms with Gasteiger partial charge >= 0.3 is 6.36 Å². The Bertz CT molecular complexity index is 1540. The third-order valence-corrected chi connectivity index (χ3v) is 8.62. The first-order valence-electron chi connectivity index (χ1n) is 17.3. The first-order valence-corrected chi connectivity index (χ1v) is 17.3. The van der Waals surface area contributed by atoms with Gasteiger partial charge in [0, 0.05) is 5.56 Å². The third-order valence-electron chi connectivity index (χ3n) is 8.62. The van der Waals surface area contributed by atoms with Crippen LogP contribution in [0.2, 0.25) is 0 Å². The summed E-state index contributed by atoms with van der Waals surface area (Å²) >= 11 is 0. The number of carboxylic acids is 1. The molecule has 0 aliphatic rings. The Kier molecular flexibility index (Phi) is 17.1. The average Bonchev–Trinajstić information content (AvgIpc) is 3.07. The van der Waals surface area contributed by atoms with Crippen LogP contribution in [0.3, 0.4) is 0 Å². The molecule has 0 aromatic heterocycles. The number of amides is 4. The van der Waals surface area contributed by atoms with E-state index in [0.717, 1.165) is 12.1 Å². The number of alkyl halides is 3. The van der Waals surface area contributed by atoms with E-state index in [2.05, 4.69) is 26.0 Å². The minimum absolute atomic E-state index is 0.0694. The number of aliphatic hydroxyl groups is 1. The number of rotatable bonds is 20. The van der Waals surface area contributed by atoms with Gasteiger partial charge in [0.2, 0.25) is 23.6 Å². The summed E-state index contributed by atoms with van der Waals surface area (Å²) in [5, 5.41) is 33.3. The molecule has 0 bridgehead atoms. The van der Waals surface area contributed by atoms with E-state index in [1.165, 1.54) is 13.2 Å². The Labute approximate surface area is 307 Å². The van der Waals surface area contributed by atoms with E-state index in [1.807, 2.05) is 0 Å². The van der Waals surface area contributed by atoms with Crippen LogP contribution in [0.25, 0.3) is 0 Å². The Balaban J connectivity index is 2.26. The second-order valence-corrected chi connectivity index (χ2v) is 13.5. The molecule has 0 aliphatic heterocycles. The molecule has 2 aromatic rings. The van der Waals surface area contributed by atoms with Gasteiger partial charge in [-0.2, -0.15) is 0 Å². The summed E-state index contributed by atoms with van der Waals surface area (Å²) in [5.74, 6) is -6.20. The molecule has 16 heteroatoms. The summed E-state index contributed by atoms with van der Waals surface area (Å²) < 4.78 is 47.6. The zero-order valence-corrected chi connectivity index (χ0v) is 30.9. The molecule has 0 fully saturated rings. The molecule has 0 heterocycles. The molecular formula is C37H50F3N4O9-. The fourth-order valence-electron chi connectivity index (χ4n) is 5.45. The van der Waals surface area contributed by atoms with Gasteiger partial charge in [0.15, 0.2) is 0 Å². The van der Waals surface area contributed by atoms with Crippen LogP contribution < -0.4 is 35.8 Å². The molecule has 294 valence electrons. The number of hydrogen-bond donors (Lipinski definition) is 5. The number of carbonyl (C=O) groups excluding carboxylic acids is 5. The zero-order chi connectivity index (χ0) is 40.0. The van der Waals surface area contributed by atoms with Gasteiger partial charge in [-0.1, -0.05) is 78.3 Å². The van der Waals surface area contributed by atoms with Crippen LogP contribution in [0.5, 0.6) is 11.5 Å². The quantitative estimate of drug-likeness (QED) is 0.135. The lowest BCUT2D eigenvalue weighted by atomic mass is 9.95. The van der Waals surface area contributed by atoms with E-state index >= 15 is 0 Å². The minimum Gasteiger partial charge on any atom is -0.548 e. The Morgan fingerprint density at radius 3 is 1.92 bits per heavy atom. The van der Waals surface area contributed by atoms with E-state index in [9.17, 15) is 47.4 Å². The molecular weight excluding hydrogens is 701 g/mol. The number of nitrogens with one attached hydrogen (secondary N) is 4. The molecule has 5 N–H and O–H groups in total. The monoisotopic (exact) mass is 751 g/mol. The maximum Gasteiger partial charge on any atom is 0.573 e. The average molecular weight is 752 g/mol. The lowest BCUT2D eigenvalue weighted by Gasteiger charge is -2.30.